The van der Waals surface area contributed by atoms with Gasteiger partial charge in [-0.3, -0.25) is 0 Å². The highest BCUT2D eigenvalue weighted by Crippen LogP contribution is 2.29. The molecule has 0 radical (unpaired) electrons. The molecule has 3 aromatic rings. The van der Waals surface area contributed by atoms with Gasteiger partial charge < -0.3 is 9.52 Å². The van der Waals surface area contributed by atoms with Crippen LogP contribution < -0.4 is 0 Å². The van der Waals surface area contributed by atoms with Crippen molar-refractivity contribution in [3.8, 4) is 17.5 Å². The van der Waals surface area contributed by atoms with Crippen molar-refractivity contribution in [3.63, 3.8) is 0 Å². The SMILES string of the molecule is [C-]#[N+]c1ccc(C[C@@H](c2nnc(-c3ccc(C#N)cc3)o2)[C@@H](C)O)cc1C. The van der Waals surface area contributed by atoms with Crippen LogP contribution in [-0.4, -0.2) is 21.4 Å². The van der Waals surface area contributed by atoms with Gasteiger partial charge in [0.2, 0.25) is 11.8 Å². The van der Waals surface area contributed by atoms with Gasteiger partial charge in [0.1, 0.15) is 0 Å². The first-order valence-corrected chi connectivity index (χ1v) is 8.51. The lowest BCUT2D eigenvalue weighted by Crippen LogP contribution is -2.17. The third kappa shape index (κ3) is 4.03. The van der Waals surface area contributed by atoms with Crippen LogP contribution in [-0.2, 0) is 6.42 Å². The molecule has 0 amide bonds. The van der Waals surface area contributed by atoms with E-state index in [9.17, 15) is 5.11 Å². The third-order valence-electron chi connectivity index (χ3n) is 4.44. The highest BCUT2D eigenvalue weighted by Gasteiger charge is 2.25. The topological polar surface area (TPSA) is 87.3 Å². The minimum absolute atomic E-state index is 0.347. The number of nitrogens with zero attached hydrogens (tertiary/aromatic N) is 4. The van der Waals surface area contributed by atoms with E-state index < -0.39 is 6.10 Å². The van der Waals surface area contributed by atoms with Gasteiger partial charge in [-0.15, -0.1) is 10.2 Å². The molecule has 0 fully saturated rings. The first-order chi connectivity index (χ1) is 13.0. The highest BCUT2D eigenvalue weighted by molar-refractivity contribution is 5.54. The van der Waals surface area contributed by atoms with Crippen LogP contribution in [0.5, 0.6) is 0 Å². The van der Waals surface area contributed by atoms with Crippen molar-refractivity contribution in [3.05, 3.63) is 76.5 Å². The maximum atomic E-state index is 10.2. The van der Waals surface area contributed by atoms with Crippen LogP contribution in [0, 0.1) is 24.8 Å². The monoisotopic (exact) mass is 358 g/mol. The number of hydrogen-bond donors (Lipinski definition) is 1. The van der Waals surface area contributed by atoms with Crippen LogP contribution in [0.25, 0.3) is 16.3 Å². The van der Waals surface area contributed by atoms with E-state index in [-0.39, 0.29) is 5.92 Å². The van der Waals surface area contributed by atoms with E-state index in [0.29, 0.717) is 35.0 Å². The van der Waals surface area contributed by atoms with Gasteiger partial charge in [-0.1, -0.05) is 18.2 Å². The van der Waals surface area contributed by atoms with Gasteiger partial charge >= 0.3 is 0 Å². The quantitative estimate of drug-likeness (QED) is 0.692. The van der Waals surface area contributed by atoms with Crippen molar-refractivity contribution in [1.29, 1.82) is 5.26 Å². The summed E-state index contributed by atoms with van der Waals surface area (Å²) in [5.41, 5.74) is 3.78. The Morgan fingerprint density at radius 2 is 1.96 bits per heavy atom. The van der Waals surface area contributed by atoms with Crippen LogP contribution in [0.15, 0.2) is 46.9 Å². The Balaban J connectivity index is 1.85. The maximum Gasteiger partial charge on any atom is 0.247 e. The van der Waals surface area contributed by atoms with Crippen LogP contribution in [0.4, 0.5) is 5.69 Å². The molecule has 2 aromatic carbocycles. The molecule has 1 N–H and O–H groups in total. The number of aliphatic hydroxyl groups is 1. The molecule has 3 rings (SSSR count). The summed E-state index contributed by atoms with van der Waals surface area (Å²) >= 11 is 0. The second kappa shape index (κ2) is 7.82. The maximum absolute atomic E-state index is 10.2. The molecule has 0 unspecified atom stereocenters. The van der Waals surface area contributed by atoms with E-state index >= 15 is 0 Å². The van der Waals surface area contributed by atoms with Gasteiger partial charge in [-0.2, -0.15) is 5.26 Å². The average Bonchev–Trinajstić information content (AvgIpc) is 3.16. The summed E-state index contributed by atoms with van der Waals surface area (Å²) in [6.45, 7) is 10.7. The molecule has 2 atom stereocenters. The highest BCUT2D eigenvalue weighted by atomic mass is 16.4. The first kappa shape index (κ1) is 18.3. The van der Waals surface area contributed by atoms with Crippen LogP contribution in [0.1, 0.15) is 35.4 Å². The molecule has 0 spiro atoms. The lowest BCUT2D eigenvalue weighted by Gasteiger charge is -2.16. The fourth-order valence-corrected chi connectivity index (χ4v) is 2.88. The minimum atomic E-state index is -0.680. The average molecular weight is 358 g/mol. The van der Waals surface area contributed by atoms with Gasteiger partial charge in [0.15, 0.2) is 5.69 Å². The Labute approximate surface area is 157 Å². The van der Waals surface area contributed by atoms with Crippen molar-refractivity contribution < 1.29 is 9.52 Å². The molecule has 0 saturated carbocycles. The van der Waals surface area contributed by atoms with Crippen LogP contribution >= 0.6 is 0 Å². The number of aromatic nitrogens is 2. The molecule has 1 heterocycles. The van der Waals surface area contributed by atoms with Crippen molar-refractivity contribution in [1.82, 2.24) is 10.2 Å². The Bertz CT molecular complexity index is 1020. The minimum Gasteiger partial charge on any atom is -0.420 e. The molecule has 0 aliphatic rings. The number of benzene rings is 2. The lowest BCUT2D eigenvalue weighted by atomic mass is 9.93. The first-order valence-electron chi connectivity index (χ1n) is 8.51. The Kier molecular flexibility index (Phi) is 5.30. The lowest BCUT2D eigenvalue weighted by molar-refractivity contribution is 0.148. The molecule has 27 heavy (non-hydrogen) atoms. The largest absolute Gasteiger partial charge is 0.420 e. The zero-order valence-corrected chi connectivity index (χ0v) is 15.0. The normalized spacial score (nSPS) is 12.8. The number of aliphatic hydroxyl groups excluding tert-OH is 1. The number of rotatable bonds is 5. The smallest absolute Gasteiger partial charge is 0.247 e. The molecule has 1 aromatic heterocycles. The van der Waals surface area contributed by atoms with Crippen molar-refractivity contribution in [2.24, 2.45) is 0 Å². The molecular formula is C21H18N4O2. The van der Waals surface area contributed by atoms with Crippen LogP contribution in [0.3, 0.4) is 0 Å². The van der Waals surface area contributed by atoms with Crippen molar-refractivity contribution in [2.45, 2.75) is 32.3 Å². The predicted molar refractivity (Wildman–Crippen MR) is 100 cm³/mol. The fourth-order valence-electron chi connectivity index (χ4n) is 2.88. The number of aryl methyl sites for hydroxylation is 1. The molecule has 6 nitrogen and oxygen atoms in total. The van der Waals surface area contributed by atoms with E-state index in [1.165, 1.54) is 0 Å². The van der Waals surface area contributed by atoms with Crippen LogP contribution in [0.2, 0.25) is 0 Å². The molecule has 0 aliphatic carbocycles. The molecule has 134 valence electrons. The molecular weight excluding hydrogens is 340 g/mol. The Morgan fingerprint density at radius 3 is 2.56 bits per heavy atom. The second-order valence-electron chi connectivity index (χ2n) is 6.42. The molecule has 0 bridgehead atoms. The summed E-state index contributed by atoms with van der Waals surface area (Å²) in [4.78, 5) is 3.47. The summed E-state index contributed by atoms with van der Waals surface area (Å²) in [6.07, 6.45) is -0.161. The number of nitriles is 1. The third-order valence-corrected chi connectivity index (χ3v) is 4.44. The standard InChI is InChI=1S/C21H18N4O2/c1-13-10-16(6-9-19(13)23-3)11-18(14(2)26)21-25-24-20(27-21)17-7-4-15(12-22)5-8-17/h4-10,14,18,26H,11H2,1-2H3/t14-,18-/m1/s1. The zero-order chi connectivity index (χ0) is 19.4. The molecule has 0 saturated heterocycles. The molecule has 6 heteroatoms. The van der Waals surface area contributed by atoms with E-state index in [1.54, 1.807) is 37.3 Å². The van der Waals surface area contributed by atoms with Crippen molar-refractivity contribution >= 4 is 5.69 Å². The molecule has 0 aliphatic heterocycles. The summed E-state index contributed by atoms with van der Waals surface area (Å²) in [5, 5.41) is 27.3. The van der Waals surface area contributed by atoms with E-state index in [2.05, 4.69) is 21.1 Å². The Morgan fingerprint density at radius 1 is 1.22 bits per heavy atom. The van der Waals surface area contributed by atoms with Gasteiger partial charge in [-0.05, 0) is 55.7 Å². The summed E-state index contributed by atoms with van der Waals surface area (Å²) in [7, 11) is 0. The van der Waals surface area contributed by atoms with E-state index in [1.807, 2.05) is 19.1 Å². The predicted octanol–water partition coefficient (Wildman–Crippen LogP) is 4.17. The summed E-state index contributed by atoms with van der Waals surface area (Å²) < 4.78 is 5.80. The van der Waals surface area contributed by atoms with Gasteiger partial charge in [0.25, 0.3) is 0 Å². The Hall–Kier alpha value is -3.48. The van der Waals surface area contributed by atoms with E-state index in [0.717, 1.165) is 11.1 Å². The second-order valence-corrected chi connectivity index (χ2v) is 6.42. The van der Waals surface area contributed by atoms with Gasteiger partial charge in [0.05, 0.1) is 30.2 Å². The zero-order valence-electron chi connectivity index (χ0n) is 15.0. The fraction of sp³-hybridized carbons (Fsp3) is 0.238. The number of hydrogen-bond acceptors (Lipinski definition) is 5. The van der Waals surface area contributed by atoms with E-state index in [4.69, 9.17) is 16.3 Å². The van der Waals surface area contributed by atoms with Gasteiger partial charge in [0, 0.05) is 5.56 Å². The summed E-state index contributed by atoms with van der Waals surface area (Å²) in [5.74, 6) is 0.346. The van der Waals surface area contributed by atoms with Crippen molar-refractivity contribution in [2.75, 3.05) is 0 Å². The summed E-state index contributed by atoms with van der Waals surface area (Å²) in [6, 6.07) is 14.6. The van der Waals surface area contributed by atoms with Gasteiger partial charge in [-0.25, -0.2) is 4.85 Å².